The Balaban J connectivity index is 4.58. The Kier molecular flexibility index (Phi) is 35.6. The second-order valence-electron chi connectivity index (χ2n) is 15.2. The van der Waals surface area contributed by atoms with Crippen LogP contribution in [0.15, 0.2) is 85.1 Å². The zero-order valence-corrected chi connectivity index (χ0v) is 37.0. The zero-order chi connectivity index (χ0) is 42.3. The van der Waals surface area contributed by atoms with Crippen LogP contribution in [0.25, 0.3) is 0 Å². The van der Waals surface area contributed by atoms with Gasteiger partial charge in [0.15, 0.2) is 6.10 Å². The molecule has 0 bridgehead atoms. The summed E-state index contributed by atoms with van der Waals surface area (Å²) in [5.74, 6) is -0.937. The second kappa shape index (κ2) is 37.4. The van der Waals surface area contributed by atoms with Crippen LogP contribution < -0.4 is 0 Å². The van der Waals surface area contributed by atoms with E-state index in [-0.39, 0.29) is 26.1 Å². The van der Waals surface area contributed by atoms with Gasteiger partial charge in [0.2, 0.25) is 0 Å². The first-order chi connectivity index (χ1) is 27.4. The van der Waals surface area contributed by atoms with E-state index in [1.165, 1.54) is 32.1 Å². The SMILES string of the molecule is CC/C=C\CC(O)/C=C/C=C/C/C=C\C/C=C\C/C=C\CCC(=O)O[C@H](COC(=O)CCCCCCC/C=C\CCCCCC)COP(=O)(O)OCC[N+](C)(C)C. The number of hydrogen-bond donors (Lipinski definition) is 2. The maximum Gasteiger partial charge on any atom is 0.472 e. The van der Waals surface area contributed by atoms with E-state index in [1.807, 2.05) is 63.7 Å². The molecule has 3 atom stereocenters. The number of likely N-dealkylation sites (N-methyl/N-ethyl adjacent to an activating group) is 1. The van der Waals surface area contributed by atoms with Gasteiger partial charge in [0, 0.05) is 12.8 Å². The molecular weight excluding hydrogens is 741 g/mol. The summed E-state index contributed by atoms with van der Waals surface area (Å²) in [6.45, 7) is 4.06. The Bertz CT molecular complexity index is 1260. The quantitative estimate of drug-likeness (QED) is 0.0157. The van der Waals surface area contributed by atoms with Crippen LogP contribution in [-0.4, -0.2) is 86.1 Å². The average Bonchev–Trinajstić information content (AvgIpc) is 3.15. The summed E-state index contributed by atoms with van der Waals surface area (Å²) in [5, 5.41) is 9.84. The van der Waals surface area contributed by atoms with Gasteiger partial charge in [-0.2, -0.15) is 0 Å². The highest BCUT2D eigenvalue weighted by atomic mass is 31.2. The highest BCUT2D eigenvalue weighted by molar-refractivity contribution is 7.47. The standard InChI is InChI=1S/C46H78NO9P/c1-6-8-10-11-12-13-14-16-20-23-26-29-33-37-45(49)53-41-44(42-55-57(51,52)54-40-39-47(3,4)5)56-46(50)38-34-30-27-24-21-18-15-17-19-22-25-28-32-36-43(48)35-31-9-7-2/h9,13-14,17-19,21,25,27-28,30-32,36,43-44,48H,6-8,10-12,15-16,20,22-24,26,29,33-35,37-42H2,1-5H3/p+1/b14-13-,19-17-,21-18-,28-25+,30-27-,31-9-,36-32+/t43?,44-/m1/s1. The molecule has 0 aliphatic carbocycles. The molecule has 2 N–H and O–H groups in total. The molecule has 57 heavy (non-hydrogen) atoms. The van der Waals surface area contributed by atoms with Crippen LogP contribution >= 0.6 is 7.82 Å². The molecule has 2 unspecified atom stereocenters. The maximum absolute atomic E-state index is 12.6. The molecule has 0 fully saturated rings. The molecular formula is C46H79NO9P+. The van der Waals surface area contributed by atoms with Crippen molar-refractivity contribution < 1.29 is 47.2 Å². The first-order valence-corrected chi connectivity index (χ1v) is 22.9. The van der Waals surface area contributed by atoms with Crippen LogP contribution in [0.4, 0.5) is 0 Å². The van der Waals surface area contributed by atoms with Crippen molar-refractivity contribution in [2.45, 2.75) is 148 Å². The van der Waals surface area contributed by atoms with Gasteiger partial charge < -0.3 is 24.0 Å². The smallest absolute Gasteiger partial charge is 0.462 e. The van der Waals surface area contributed by atoms with E-state index in [0.29, 0.717) is 30.3 Å². The molecule has 10 nitrogen and oxygen atoms in total. The van der Waals surface area contributed by atoms with Gasteiger partial charge in [-0.15, -0.1) is 0 Å². The van der Waals surface area contributed by atoms with Crippen LogP contribution in [-0.2, 0) is 32.7 Å². The van der Waals surface area contributed by atoms with Gasteiger partial charge in [-0.25, -0.2) is 4.57 Å². The Hall–Kier alpha value is -2.85. The van der Waals surface area contributed by atoms with Crippen molar-refractivity contribution in [1.29, 1.82) is 0 Å². The number of aliphatic hydroxyl groups excluding tert-OH is 1. The number of phosphoric ester groups is 1. The fourth-order valence-electron chi connectivity index (χ4n) is 5.12. The monoisotopic (exact) mass is 821 g/mol. The van der Waals surface area contributed by atoms with E-state index < -0.39 is 38.6 Å². The van der Waals surface area contributed by atoms with Crippen molar-refractivity contribution in [2.24, 2.45) is 0 Å². The average molecular weight is 821 g/mol. The minimum absolute atomic E-state index is 0.00533. The minimum atomic E-state index is -4.41. The number of phosphoric acid groups is 1. The third kappa shape index (κ3) is 41.1. The van der Waals surface area contributed by atoms with Crippen LogP contribution in [0, 0.1) is 0 Å². The van der Waals surface area contributed by atoms with Crippen molar-refractivity contribution in [1.82, 2.24) is 0 Å². The summed E-state index contributed by atoms with van der Waals surface area (Å²) < 4.78 is 34.1. The number of aliphatic hydroxyl groups is 1. The maximum atomic E-state index is 12.6. The molecule has 0 heterocycles. The lowest BCUT2D eigenvalue weighted by molar-refractivity contribution is -0.870. The number of rotatable bonds is 37. The van der Waals surface area contributed by atoms with E-state index in [2.05, 4.69) is 50.3 Å². The summed E-state index contributed by atoms with van der Waals surface area (Å²) in [5.41, 5.74) is 0. The number of allylic oxidation sites excluding steroid dienone is 12. The van der Waals surface area contributed by atoms with Crippen molar-refractivity contribution in [3.63, 3.8) is 0 Å². The fraction of sp³-hybridized carbons (Fsp3) is 0.652. The Morgan fingerprint density at radius 3 is 1.89 bits per heavy atom. The number of ether oxygens (including phenoxy) is 2. The summed E-state index contributed by atoms with van der Waals surface area (Å²) in [4.78, 5) is 35.3. The lowest BCUT2D eigenvalue weighted by Gasteiger charge is -2.24. The van der Waals surface area contributed by atoms with Crippen LogP contribution in [0.3, 0.4) is 0 Å². The van der Waals surface area contributed by atoms with Crippen molar-refractivity contribution >= 4 is 19.8 Å². The summed E-state index contributed by atoms with van der Waals surface area (Å²) in [7, 11) is 1.39. The highest BCUT2D eigenvalue weighted by Crippen LogP contribution is 2.43. The summed E-state index contributed by atoms with van der Waals surface area (Å²) >= 11 is 0. The number of carbonyl (C=O) groups is 2. The molecule has 0 rings (SSSR count). The van der Waals surface area contributed by atoms with Crippen molar-refractivity contribution in [2.75, 3.05) is 47.5 Å². The van der Waals surface area contributed by atoms with Crippen molar-refractivity contribution in [3.8, 4) is 0 Å². The van der Waals surface area contributed by atoms with E-state index in [1.54, 1.807) is 6.08 Å². The first kappa shape index (κ1) is 54.2. The van der Waals surface area contributed by atoms with Gasteiger partial charge in [0.1, 0.15) is 19.8 Å². The van der Waals surface area contributed by atoms with Gasteiger partial charge >= 0.3 is 19.8 Å². The number of hydrogen-bond acceptors (Lipinski definition) is 8. The zero-order valence-electron chi connectivity index (χ0n) is 36.1. The minimum Gasteiger partial charge on any atom is -0.462 e. The molecule has 0 aliphatic rings. The molecule has 11 heteroatoms. The Morgan fingerprint density at radius 2 is 1.25 bits per heavy atom. The predicted octanol–water partition coefficient (Wildman–Crippen LogP) is 11.0. The number of unbranched alkanes of at least 4 members (excludes halogenated alkanes) is 9. The van der Waals surface area contributed by atoms with E-state index in [0.717, 1.165) is 57.8 Å². The molecule has 0 aromatic rings. The second-order valence-corrected chi connectivity index (χ2v) is 16.6. The normalized spacial score (nSPS) is 15.0. The number of nitrogens with zero attached hydrogens (tertiary/aromatic N) is 1. The van der Waals surface area contributed by atoms with E-state index >= 15 is 0 Å². The summed E-state index contributed by atoms with van der Waals surface area (Å²) in [6.07, 6.45) is 44.1. The third-order valence-electron chi connectivity index (χ3n) is 8.50. The topological polar surface area (TPSA) is 129 Å². The molecule has 0 aromatic carbocycles. The molecule has 0 aliphatic heterocycles. The lowest BCUT2D eigenvalue weighted by atomic mass is 10.1. The molecule has 0 amide bonds. The molecule has 0 aromatic heterocycles. The van der Waals surface area contributed by atoms with Crippen LogP contribution in [0.2, 0.25) is 0 Å². The van der Waals surface area contributed by atoms with Gasteiger partial charge in [0.05, 0.1) is 33.9 Å². The van der Waals surface area contributed by atoms with Gasteiger partial charge in [-0.1, -0.05) is 137 Å². The largest absolute Gasteiger partial charge is 0.472 e. The molecule has 0 saturated heterocycles. The van der Waals surface area contributed by atoms with Gasteiger partial charge in [0.25, 0.3) is 0 Å². The van der Waals surface area contributed by atoms with Crippen molar-refractivity contribution in [3.05, 3.63) is 85.1 Å². The Labute approximate surface area is 346 Å². The molecule has 326 valence electrons. The first-order valence-electron chi connectivity index (χ1n) is 21.4. The van der Waals surface area contributed by atoms with Crippen LogP contribution in [0.1, 0.15) is 136 Å². The number of quaternary nitrogens is 1. The van der Waals surface area contributed by atoms with E-state index in [9.17, 15) is 24.2 Å². The highest BCUT2D eigenvalue weighted by Gasteiger charge is 2.27. The Morgan fingerprint density at radius 1 is 0.649 bits per heavy atom. The molecule has 0 spiro atoms. The van der Waals surface area contributed by atoms with Gasteiger partial charge in [-0.3, -0.25) is 18.6 Å². The predicted molar refractivity (Wildman–Crippen MR) is 235 cm³/mol. The summed E-state index contributed by atoms with van der Waals surface area (Å²) in [6, 6.07) is 0. The van der Waals surface area contributed by atoms with Crippen LogP contribution in [0.5, 0.6) is 0 Å². The molecule has 0 radical (unpaired) electrons. The fourth-order valence-corrected chi connectivity index (χ4v) is 5.86. The van der Waals surface area contributed by atoms with E-state index in [4.69, 9.17) is 18.5 Å². The third-order valence-corrected chi connectivity index (χ3v) is 9.49. The lowest BCUT2D eigenvalue weighted by Crippen LogP contribution is -2.37. The molecule has 0 saturated carbocycles. The number of esters is 2. The van der Waals surface area contributed by atoms with Gasteiger partial charge in [-0.05, 0) is 70.6 Å². The number of carbonyl (C=O) groups excluding carboxylic acids is 2.